The zero-order chi connectivity index (χ0) is 19.7. The Kier molecular flexibility index (Phi) is 4.45. The number of nitrogens with one attached hydrogen (secondary N) is 1. The first kappa shape index (κ1) is 17.6. The Morgan fingerprint density at radius 2 is 1.36 bits per heavy atom. The van der Waals surface area contributed by atoms with Crippen LogP contribution < -0.4 is 10.2 Å². The second-order valence-electron chi connectivity index (χ2n) is 6.15. The van der Waals surface area contributed by atoms with E-state index in [1.165, 1.54) is 42.5 Å². The van der Waals surface area contributed by atoms with Gasteiger partial charge in [0.2, 0.25) is 0 Å². The van der Waals surface area contributed by atoms with Gasteiger partial charge in [0.1, 0.15) is 17.3 Å². The van der Waals surface area contributed by atoms with Crippen molar-refractivity contribution < 1.29 is 18.4 Å². The van der Waals surface area contributed by atoms with Gasteiger partial charge in [-0.3, -0.25) is 9.59 Å². The zero-order valence-electron chi connectivity index (χ0n) is 14.5. The number of para-hydroxylation sites is 1. The molecule has 1 aliphatic rings. The third-order valence-corrected chi connectivity index (χ3v) is 4.35. The fourth-order valence-corrected chi connectivity index (χ4v) is 3.05. The number of benzene rings is 3. The summed E-state index contributed by atoms with van der Waals surface area (Å²) in [5, 5.41) is 2.89. The van der Waals surface area contributed by atoms with Crippen LogP contribution in [0.15, 0.2) is 84.6 Å². The molecule has 138 valence electrons. The second kappa shape index (κ2) is 7.08. The number of hydrogen-bond donors (Lipinski definition) is 1. The van der Waals surface area contributed by atoms with Gasteiger partial charge >= 0.3 is 0 Å². The van der Waals surface area contributed by atoms with E-state index in [0.29, 0.717) is 11.3 Å². The minimum absolute atomic E-state index is 0.00561. The first-order chi connectivity index (χ1) is 13.6. The quantitative estimate of drug-likeness (QED) is 0.689. The summed E-state index contributed by atoms with van der Waals surface area (Å²) in [6.07, 6.45) is 0. The Balaban J connectivity index is 1.83. The summed E-state index contributed by atoms with van der Waals surface area (Å²) >= 11 is 0. The normalized spacial score (nSPS) is 14.0. The Hall–Kier alpha value is -3.80. The third-order valence-electron chi connectivity index (χ3n) is 4.35. The van der Waals surface area contributed by atoms with Crippen LogP contribution in [0.4, 0.5) is 20.2 Å². The number of hydrogen-bond acceptors (Lipinski definition) is 3. The molecule has 3 aromatic rings. The minimum Gasteiger partial charge on any atom is -0.350 e. The lowest BCUT2D eigenvalue weighted by molar-refractivity contribution is -0.120. The van der Waals surface area contributed by atoms with Crippen molar-refractivity contribution in [3.05, 3.63) is 102 Å². The Labute approximate surface area is 159 Å². The SMILES string of the molecule is O=C1C(Nc2ccc(F)cc2)=C(c2ccccc2)C(=O)N1c1ccccc1F. The van der Waals surface area contributed by atoms with Crippen LogP contribution in [0.3, 0.4) is 0 Å². The molecule has 1 N–H and O–H groups in total. The molecule has 0 unspecified atom stereocenters. The van der Waals surface area contributed by atoms with Gasteiger partial charge in [-0.1, -0.05) is 42.5 Å². The lowest BCUT2D eigenvalue weighted by Gasteiger charge is -2.16. The van der Waals surface area contributed by atoms with E-state index in [1.54, 1.807) is 36.4 Å². The molecule has 0 radical (unpaired) electrons. The van der Waals surface area contributed by atoms with E-state index in [1.807, 2.05) is 0 Å². The summed E-state index contributed by atoms with van der Waals surface area (Å²) in [7, 11) is 0. The predicted molar refractivity (Wildman–Crippen MR) is 102 cm³/mol. The number of rotatable bonds is 4. The van der Waals surface area contributed by atoms with Crippen LogP contribution in [0.5, 0.6) is 0 Å². The van der Waals surface area contributed by atoms with Crippen LogP contribution in [0.25, 0.3) is 5.57 Å². The highest BCUT2D eigenvalue weighted by molar-refractivity contribution is 6.46. The molecule has 0 atom stereocenters. The number of carbonyl (C=O) groups excluding carboxylic acids is 2. The van der Waals surface area contributed by atoms with Crippen molar-refractivity contribution in [2.45, 2.75) is 0 Å². The molecule has 28 heavy (non-hydrogen) atoms. The summed E-state index contributed by atoms with van der Waals surface area (Å²) in [6, 6.07) is 19.6. The molecule has 0 aromatic heterocycles. The second-order valence-corrected chi connectivity index (χ2v) is 6.15. The molecule has 0 saturated carbocycles. The topological polar surface area (TPSA) is 49.4 Å². The molecule has 0 fully saturated rings. The molecule has 0 bridgehead atoms. The molecule has 3 aromatic carbocycles. The van der Waals surface area contributed by atoms with Gasteiger partial charge < -0.3 is 5.32 Å². The summed E-state index contributed by atoms with van der Waals surface area (Å²) < 4.78 is 27.5. The van der Waals surface area contributed by atoms with Crippen LogP contribution >= 0.6 is 0 Å². The molecule has 0 spiro atoms. The van der Waals surface area contributed by atoms with E-state index in [4.69, 9.17) is 0 Å². The van der Waals surface area contributed by atoms with E-state index in [-0.39, 0.29) is 17.0 Å². The Bertz CT molecular complexity index is 1090. The highest BCUT2D eigenvalue weighted by Crippen LogP contribution is 2.34. The maximum Gasteiger partial charge on any atom is 0.282 e. The lowest BCUT2D eigenvalue weighted by atomic mass is 10.0. The molecule has 4 nitrogen and oxygen atoms in total. The molecule has 6 heteroatoms. The van der Waals surface area contributed by atoms with Gasteiger partial charge in [-0.05, 0) is 42.0 Å². The summed E-state index contributed by atoms with van der Waals surface area (Å²) in [5.41, 5.74) is 0.955. The number of anilines is 2. The van der Waals surface area contributed by atoms with E-state index >= 15 is 0 Å². The van der Waals surface area contributed by atoms with E-state index in [0.717, 1.165) is 4.90 Å². The van der Waals surface area contributed by atoms with Crippen molar-refractivity contribution in [2.24, 2.45) is 0 Å². The monoisotopic (exact) mass is 376 g/mol. The molecular weight excluding hydrogens is 362 g/mol. The van der Waals surface area contributed by atoms with Crippen molar-refractivity contribution in [1.82, 2.24) is 0 Å². The largest absolute Gasteiger partial charge is 0.350 e. The number of carbonyl (C=O) groups is 2. The van der Waals surface area contributed by atoms with Gasteiger partial charge in [-0.15, -0.1) is 0 Å². The van der Waals surface area contributed by atoms with Gasteiger partial charge in [0.25, 0.3) is 11.8 Å². The highest BCUT2D eigenvalue weighted by Gasteiger charge is 2.41. The summed E-state index contributed by atoms with van der Waals surface area (Å²) in [6.45, 7) is 0. The van der Waals surface area contributed by atoms with Gasteiger partial charge in [0.15, 0.2) is 0 Å². The molecule has 4 rings (SSSR count). The number of nitrogens with zero attached hydrogens (tertiary/aromatic N) is 1. The van der Waals surface area contributed by atoms with Crippen LogP contribution in [-0.4, -0.2) is 11.8 Å². The third kappa shape index (κ3) is 3.05. The lowest BCUT2D eigenvalue weighted by Crippen LogP contribution is -2.33. The van der Waals surface area contributed by atoms with Crippen molar-refractivity contribution in [2.75, 3.05) is 10.2 Å². The maximum absolute atomic E-state index is 14.3. The van der Waals surface area contributed by atoms with Crippen LogP contribution in [-0.2, 0) is 9.59 Å². The molecule has 1 aliphatic heterocycles. The molecule has 0 saturated heterocycles. The molecule has 1 heterocycles. The van der Waals surface area contributed by atoms with Gasteiger partial charge in [-0.25, -0.2) is 13.7 Å². The number of imide groups is 1. The van der Waals surface area contributed by atoms with Gasteiger partial charge in [-0.2, -0.15) is 0 Å². The maximum atomic E-state index is 14.3. The van der Waals surface area contributed by atoms with Crippen LogP contribution in [0.1, 0.15) is 5.56 Å². The van der Waals surface area contributed by atoms with Crippen molar-refractivity contribution in [3.8, 4) is 0 Å². The predicted octanol–water partition coefficient (Wildman–Crippen LogP) is 4.36. The standard InChI is InChI=1S/C22H14F2N2O2/c23-15-10-12-16(13-11-15)25-20-19(14-6-2-1-3-7-14)21(27)26(22(20)28)18-9-5-4-8-17(18)24/h1-13,25H. The number of halogens is 2. The fourth-order valence-electron chi connectivity index (χ4n) is 3.05. The Morgan fingerprint density at radius 3 is 2.04 bits per heavy atom. The molecule has 0 aliphatic carbocycles. The first-order valence-electron chi connectivity index (χ1n) is 8.52. The van der Waals surface area contributed by atoms with E-state index in [2.05, 4.69) is 5.32 Å². The average Bonchev–Trinajstić information content (AvgIpc) is 2.95. The van der Waals surface area contributed by atoms with Crippen molar-refractivity contribution in [3.63, 3.8) is 0 Å². The Morgan fingerprint density at radius 1 is 0.714 bits per heavy atom. The fraction of sp³-hybridized carbons (Fsp3) is 0. The smallest absolute Gasteiger partial charge is 0.282 e. The van der Waals surface area contributed by atoms with Gasteiger partial charge in [0, 0.05) is 5.69 Å². The first-order valence-corrected chi connectivity index (χ1v) is 8.52. The minimum atomic E-state index is -0.682. The zero-order valence-corrected chi connectivity index (χ0v) is 14.5. The van der Waals surface area contributed by atoms with Crippen molar-refractivity contribution >= 4 is 28.8 Å². The van der Waals surface area contributed by atoms with Crippen molar-refractivity contribution in [1.29, 1.82) is 0 Å². The molecular formula is C22H14F2N2O2. The van der Waals surface area contributed by atoms with E-state index < -0.39 is 23.4 Å². The number of amides is 2. The van der Waals surface area contributed by atoms with Crippen LogP contribution in [0, 0.1) is 11.6 Å². The van der Waals surface area contributed by atoms with Gasteiger partial charge in [0.05, 0.1) is 11.3 Å². The summed E-state index contributed by atoms with van der Waals surface area (Å²) in [5.74, 6) is -2.42. The van der Waals surface area contributed by atoms with Crippen LogP contribution in [0.2, 0.25) is 0 Å². The summed E-state index contributed by atoms with van der Waals surface area (Å²) in [4.78, 5) is 27.0. The average molecular weight is 376 g/mol. The van der Waals surface area contributed by atoms with E-state index in [9.17, 15) is 18.4 Å². The molecule has 2 amide bonds. The highest BCUT2D eigenvalue weighted by atomic mass is 19.1.